The summed E-state index contributed by atoms with van der Waals surface area (Å²) in [6, 6.07) is 1.89. The van der Waals surface area contributed by atoms with Crippen molar-refractivity contribution < 1.29 is 4.79 Å². The molecule has 2 aromatic heterocycles. The van der Waals surface area contributed by atoms with Gasteiger partial charge in [0.05, 0.1) is 28.0 Å². The highest BCUT2D eigenvalue weighted by Crippen LogP contribution is 2.40. The molecule has 0 aliphatic rings. The van der Waals surface area contributed by atoms with E-state index in [4.69, 9.17) is 5.73 Å². The van der Waals surface area contributed by atoms with Gasteiger partial charge in [0.1, 0.15) is 4.83 Å². The third-order valence-electron chi connectivity index (χ3n) is 2.36. The molecule has 0 saturated heterocycles. The maximum Gasteiger partial charge on any atom is 0.162 e. The van der Waals surface area contributed by atoms with Crippen LogP contribution in [0.2, 0.25) is 0 Å². The summed E-state index contributed by atoms with van der Waals surface area (Å²) in [7, 11) is 3.87. The number of hydrogen-bond donors (Lipinski definition) is 1. The number of hydrogen-bond acceptors (Lipinski definition) is 5. The van der Waals surface area contributed by atoms with Crippen LogP contribution in [0.5, 0.6) is 0 Å². The molecule has 146 valence electrons. The van der Waals surface area contributed by atoms with Gasteiger partial charge in [-0.25, -0.2) is 9.98 Å². The number of halogens is 2. The molecule has 0 aromatic carbocycles. The normalized spacial score (nSPS) is 8.32. The summed E-state index contributed by atoms with van der Waals surface area (Å²) < 4.78 is 0. The molecule has 0 amide bonds. The largest absolute Gasteiger partial charge is 0.390 e. The Bertz CT molecular complexity index is 602. The predicted molar refractivity (Wildman–Crippen MR) is 120 cm³/mol. The van der Waals surface area contributed by atoms with Crippen molar-refractivity contribution >= 4 is 70.4 Å². The number of aromatic nitrogens is 1. The molecule has 2 N–H and O–H groups in total. The number of aldehydes is 1. The Morgan fingerprint density at radius 3 is 2.04 bits per heavy atom. The van der Waals surface area contributed by atoms with Crippen LogP contribution in [0.15, 0.2) is 17.3 Å². The molecule has 2 heterocycles. The molecule has 0 atom stereocenters. The molecule has 25 heavy (non-hydrogen) atoms. The van der Waals surface area contributed by atoms with Gasteiger partial charge >= 0.3 is 0 Å². The number of pyridine rings is 1. The van der Waals surface area contributed by atoms with Crippen LogP contribution in [0.1, 0.15) is 51.2 Å². The van der Waals surface area contributed by atoms with Gasteiger partial charge in [0.25, 0.3) is 0 Å². The lowest BCUT2D eigenvalue weighted by Gasteiger charge is -2.13. The third kappa shape index (κ3) is 8.52. The van der Waals surface area contributed by atoms with Gasteiger partial charge in [-0.2, -0.15) is 0 Å². The van der Waals surface area contributed by atoms with Gasteiger partial charge < -0.3 is 10.6 Å². The number of nitrogens with two attached hydrogens (primary N) is 1. The molecule has 8 heteroatoms. The lowest BCUT2D eigenvalue weighted by Crippen LogP contribution is -2.08. The quantitative estimate of drug-likeness (QED) is 0.399. The van der Waals surface area contributed by atoms with Gasteiger partial charge in [-0.1, -0.05) is 41.5 Å². The fraction of sp³-hybridized carbons (Fsp3) is 0.471. The van der Waals surface area contributed by atoms with E-state index in [0.29, 0.717) is 10.6 Å². The minimum absolute atomic E-state index is 0. The summed E-state index contributed by atoms with van der Waals surface area (Å²) in [6.45, 7) is 12.0. The Morgan fingerprint density at radius 1 is 1.12 bits per heavy atom. The molecular weight excluding hydrogens is 379 g/mol. The maximum atomic E-state index is 11.0. The Morgan fingerprint density at radius 2 is 1.64 bits per heavy atom. The van der Waals surface area contributed by atoms with Gasteiger partial charge in [0.2, 0.25) is 0 Å². The van der Waals surface area contributed by atoms with Crippen LogP contribution in [-0.4, -0.2) is 31.7 Å². The summed E-state index contributed by atoms with van der Waals surface area (Å²) in [5.74, 6) is 0. The topological polar surface area (TPSA) is 71.6 Å². The van der Waals surface area contributed by atoms with Gasteiger partial charge in [-0.05, 0) is 6.07 Å². The zero-order valence-electron chi connectivity index (χ0n) is 16.4. The fourth-order valence-electron chi connectivity index (χ4n) is 1.66. The lowest BCUT2D eigenvalue weighted by atomic mass is 10.2. The summed E-state index contributed by atoms with van der Waals surface area (Å²) in [5.41, 5.74) is 6.89. The van der Waals surface area contributed by atoms with Gasteiger partial charge in [-0.3, -0.25) is 4.79 Å². The van der Waals surface area contributed by atoms with Crippen molar-refractivity contribution in [3.8, 4) is 0 Å². The highest BCUT2D eigenvalue weighted by molar-refractivity contribution is 7.21. The summed E-state index contributed by atoms with van der Waals surface area (Å²) in [4.78, 5) is 22.6. The molecule has 2 rings (SSSR count). The molecule has 0 spiro atoms. The first-order valence-corrected chi connectivity index (χ1v) is 8.79. The van der Waals surface area contributed by atoms with Gasteiger partial charge in [0, 0.05) is 20.3 Å². The minimum Gasteiger partial charge on any atom is -0.390 e. The molecule has 0 aliphatic carbocycles. The van der Waals surface area contributed by atoms with Gasteiger partial charge in [0.15, 0.2) is 6.29 Å². The van der Waals surface area contributed by atoms with Crippen LogP contribution in [-0.2, 0) is 0 Å². The van der Waals surface area contributed by atoms with E-state index in [1.54, 1.807) is 6.20 Å². The molecule has 0 unspecified atom stereocenters. The zero-order valence-corrected chi connectivity index (χ0v) is 18.8. The highest BCUT2D eigenvalue weighted by atomic mass is 35.5. The summed E-state index contributed by atoms with van der Waals surface area (Å²) in [6.07, 6.45) is 3.70. The molecule has 0 aliphatic heterocycles. The third-order valence-corrected chi connectivity index (χ3v) is 3.38. The number of rotatable bonds is 3. The standard InChI is InChI=1S/C11H12N4OS.3C2H6.2ClH/c1-15(2)7-3-4-13-11-9(7)10(14-6-12)8(5-16)17-11;3*1-2;;/h3-6H,1-2H3,(H2,12,14);3*1-2H3;2*1H. The number of anilines is 1. The number of carbonyl (C=O) groups excluding carboxylic acids is 1. The van der Waals surface area contributed by atoms with E-state index < -0.39 is 0 Å². The maximum absolute atomic E-state index is 11.0. The molecule has 2 aromatic rings. The van der Waals surface area contributed by atoms with E-state index in [0.717, 1.165) is 22.2 Å². The van der Waals surface area contributed by atoms with Gasteiger partial charge in [-0.15, -0.1) is 36.2 Å². The molecule has 5 nitrogen and oxygen atoms in total. The Labute approximate surface area is 168 Å². The summed E-state index contributed by atoms with van der Waals surface area (Å²) >= 11 is 1.32. The van der Waals surface area contributed by atoms with Crippen LogP contribution in [0.3, 0.4) is 0 Å². The number of fused-ring (bicyclic) bond motifs is 1. The van der Waals surface area contributed by atoms with E-state index in [1.165, 1.54) is 17.7 Å². The molecule has 0 bridgehead atoms. The first-order valence-electron chi connectivity index (χ1n) is 7.97. The van der Waals surface area contributed by atoms with E-state index in [1.807, 2.05) is 66.6 Å². The van der Waals surface area contributed by atoms with Crippen molar-refractivity contribution in [2.45, 2.75) is 41.5 Å². The highest BCUT2D eigenvalue weighted by Gasteiger charge is 2.16. The van der Waals surface area contributed by atoms with E-state index in [-0.39, 0.29) is 24.8 Å². The van der Waals surface area contributed by atoms with Crippen LogP contribution < -0.4 is 10.6 Å². The Kier molecular flexibility index (Phi) is 23.8. The molecular formula is C17H32Cl2N4OS. The van der Waals surface area contributed by atoms with Crippen LogP contribution in [0, 0.1) is 0 Å². The van der Waals surface area contributed by atoms with E-state index >= 15 is 0 Å². The Hall–Kier alpha value is -1.37. The van der Waals surface area contributed by atoms with Crippen molar-refractivity contribution in [3.63, 3.8) is 0 Å². The molecule has 0 fully saturated rings. The first-order chi connectivity index (χ1) is 11.2. The lowest BCUT2D eigenvalue weighted by molar-refractivity contribution is 0.112. The van der Waals surface area contributed by atoms with Crippen LogP contribution in [0.25, 0.3) is 10.2 Å². The second kappa shape index (κ2) is 19.0. The number of nitrogens with zero attached hydrogens (tertiary/aromatic N) is 3. The Balaban J connectivity index is -0.000000250. The zero-order chi connectivity index (χ0) is 18.4. The predicted octanol–water partition coefficient (Wildman–Crippen LogP) is 5.72. The van der Waals surface area contributed by atoms with E-state index in [2.05, 4.69) is 9.98 Å². The monoisotopic (exact) mass is 410 g/mol. The SMILES string of the molecule is CC.CC.CC.CN(C)c1ccnc2sc(C=O)c(N=CN)c12.Cl.Cl. The fourth-order valence-corrected chi connectivity index (χ4v) is 2.59. The molecule has 0 radical (unpaired) electrons. The van der Waals surface area contributed by atoms with E-state index in [9.17, 15) is 4.79 Å². The second-order valence-electron chi connectivity index (χ2n) is 3.62. The minimum atomic E-state index is 0. The van der Waals surface area contributed by atoms with Crippen molar-refractivity contribution in [2.75, 3.05) is 19.0 Å². The second-order valence-corrected chi connectivity index (χ2v) is 4.65. The summed E-state index contributed by atoms with van der Waals surface area (Å²) in [5, 5.41) is 0.867. The smallest absolute Gasteiger partial charge is 0.162 e. The van der Waals surface area contributed by atoms with Crippen molar-refractivity contribution in [1.82, 2.24) is 4.98 Å². The van der Waals surface area contributed by atoms with Crippen molar-refractivity contribution in [3.05, 3.63) is 17.1 Å². The number of carbonyl (C=O) groups is 1. The average molecular weight is 411 g/mol. The first kappa shape index (κ1) is 31.4. The average Bonchev–Trinajstić information content (AvgIpc) is 2.98. The van der Waals surface area contributed by atoms with Crippen molar-refractivity contribution in [2.24, 2.45) is 10.7 Å². The van der Waals surface area contributed by atoms with Crippen molar-refractivity contribution in [1.29, 1.82) is 0 Å². The molecule has 0 saturated carbocycles. The number of aliphatic imine (C=N–C) groups is 1. The number of thiophene rings is 1. The van der Waals surface area contributed by atoms with Crippen LogP contribution in [0.4, 0.5) is 11.4 Å². The van der Waals surface area contributed by atoms with Crippen LogP contribution >= 0.6 is 36.2 Å².